The highest BCUT2D eigenvalue weighted by Gasteiger charge is 2.50. The molecule has 0 radical (unpaired) electrons. The van der Waals surface area contributed by atoms with Crippen molar-refractivity contribution in [3.05, 3.63) is 71.0 Å². The van der Waals surface area contributed by atoms with E-state index < -0.39 is 46.8 Å². The first-order valence-electron chi connectivity index (χ1n) is 9.74. The molecule has 0 aromatic heterocycles. The molecular formula is C22H22F3NO3. The van der Waals surface area contributed by atoms with Crippen LogP contribution in [0.2, 0.25) is 0 Å². The van der Waals surface area contributed by atoms with Crippen molar-refractivity contribution in [2.75, 3.05) is 0 Å². The molecule has 1 N–H and O–H groups in total. The molecule has 2 heterocycles. The lowest BCUT2D eigenvalue weighted by molar-refractivity contribution is -0.0930. The van der Waals surface area contributed by atoms with E-state index in [4.69, 9.17) is 4.74 Å². The van der Waals surface area contributed by atoms with Crippen molar-refractivity contribution < 1.29 is 27.8 Å². The maximum atomic E-state index is 14.4. The highest BCUT2D eigenvalue weighted by atomic mass is 19.2. The number of hydrogen-bond donors (Lipinski definition) is 1. The van der Waals surface area contributed by atoms with Gasteiger partial charge < -0.3 is 14.7 Å². The molecule has 2 saturated heterocycles. The van der Waals surface area contributed by atoms with E-state index >= 15 is 0 Å². The predicted octanol–water partition coefficient (Wildman–Crippen LogP) is 4.65. The fourth-order valence-electron chi connectivity index (χ4n) is 4.68. The van der Waals surface area contributed by atoms with Crippen LogP contribution in [0.15, 0.2) is 42.5 Å². The molecule has 2 unspecified atom stereocenters. The van der Waals surface area contributed by atoms with Gasteiger partial charge in [0.15, 0.2) is 11.6 Å². The molecule has 2 aliphatic heterocycles. The van der Waals surface area contributed by atoms with Crippen LogP contribution < -0.4 is 0 Å². The summed E-state index contributed by atoms with van der Waals surface area (Å²) in [5.74, 6) is -3.56. The average Bonchev–Trinajstić information content (AvgIpc) is 2.69. The molecule has 29 heavy (non-hydrogen) atoms. The predicted molar refractivity (Wildman–Crippen MR) is 99.3 cm³/mol. The van der Waals surface area contributed by atoms with E-state index in [0.717, 1.165) is 18.1 Å². The molecule has 2 aliphatic rings. The van der Waals surface area contributed by atoms with Gasteiger partial charge in [0.1, 0.15) is 12.4 Å². The number of hydrogen-bond acceptors (Lipinski definition) is 3. The molecule has 154 valence electrons. The molecule has 4 rings (SSSR count). The van der Waals surface area contributed by atoms with E-state index in [1.54, 1.807) is 4.90 Å². The van der Waals surface area contributed by atoms with Gasteiger partial charge in [-0.2, -0.15) is 0 Å². The van der Waals surface area contributed by atoms with Gasteiger partial charge in [-0.15, -0.1) is 0 Å². The highest BCUT2D eigenvalue weighted by Crippen LogP contribution is 2.46. The minimum absolute atomic E-state index is 0.0682. The van der Waals surface area contributed by atoms with E-state index in [9.17, 15) is 23.1 Å². The number of aliphatic hydroxyl groups is 1. The Labute approximate surface area is 166 Å². The summed E-state index contributed by atoms with van der Waals surface area (Å²) in [6.07, 6.45) is 1.35. The third-order valence-corrected chi connectivity index (χ3v) is 5.93. The number of piperidine rings is 2. The molecule has 2 fully saturated rings. The molecule has 4 nitrogen and oxygen atoms in total. The summed E-state index contributed by atoms with van der Waals surface area (Å²) in [5, 5.41) is 11.1. The fourth-order valence-corrected chi connectivity index (χ4v) is 4.68. The topological polar surface area (TPSA) is 49.8 Å². The van der Waals surface area contributed by atoms with Gasteiger partial charge in [-0.25, -0.2) is 18.0 Å². The monoisotopic (exact) mass is 405 g/mol. The molecule has 7 heteroatoms. The normalized spacial score (nSPS) is 26.3. The molecule has 2 aromatic rings. The molecule has 2 bridgehead atoms. The summed E-state index contributed by atoms with van der Waals surface area (Å²) < 4.78 is 47.8. The number of rotatable bonds is 3. The molecule has 1 amide bonds. The summed E-state index contributed by atoms with van der Waals surface area (Å²) in [6.45, 7) is 0.118. The van der Waals surface area contributed by atoms with Gasteiger partial charge in [0.25, 0.3) is 0 Å². The van der Waals surface area contributed by atoms with Gasteiger partial charge in [0, 0.05) is 24.9 Å². The second-order valence-corrected chi connectivity index (χ2v) is 7.84. The van der Waals surface area contributed by atoms with Gasteiger partial charge in [-0.3, -0.25) is 0 Å². The Bertz CT molecular complexity index is 892. The van der Waals surface area contributed by atoms with Crippen LogP contribution in [-0.2, 0) is 16.9 Å². The third-order valence-electron chi connectivity index (χ3n) is 5.93. The molecule has 2 aromatic carbocycles. The molecule has 0 aliphatic carbocycles. The van der Waals surface area contributed by atoms with Crippen LogP contribution in [0.4, 0.5) is 18.0 Å². The Morgan fingerprint density at radius 1 is 1.03 bits per heavy atom. The van der Waals surface area contributed by atoms with Gasteiger partial charge in [-0.05, 0) is 37.0 Å². The number of amides is 1. The standard InChI is InChI=1S/C22H22F3NO3/c23-17-9-10-18(24)20(25)19(17)22(28)11-15-7-4-8-16(12-22)26(15)21(27)29-13-14-5-2-1-3-6-14/h1-3,5-6,9-10,15-16,28H,4,7-8,11-13H2. The zero-order valence-electron chi connectivity index (χ0n) is 15.8. The number of carbonyl (C=O) groups is 1. The van der Waals surface area contributed by atoms with E-state index in [-0.39, 0.29) is 19.4 Å². The summed E-state index contributed by atoms with van der Waals surface area (Å²) in [4.78, 5) is 14.3. The minimum Gasteiger partial charge on any atom is -0.445 e. The van der Waals surface area contributed by atoms with Crippen LogP contribution in [0.25, 0.3) is 0 Å². The number of fused-ring (bicyclic) bond motifs is 2. The molecule has 0 saturated carbocycles. The van der Waals surface area contributed by atoms with Gasteiger partial charge in [0.2, 0.25) is 0 Å². The Kier molecular flexibility index (Phi) is 5.25. The zero-order chi connectivity index (χ0) is 20.6. The number of ether oxygens (including phenoxy) is 1. The molecule has 0 spiro atoms. The second-order valence-electron chi connectivity index (χ2n) is 7.84. The van der Waals surface area contributed by atoms with Crippen LogP contribution in [0, 0.1) is 17.5 Å². The lowest BCUT2D eigenvalue weighted by atomic mass is 9.72. The van der Waals surface area contributed by atoms with Crippen LogP contribution in [0.5, 0.6) is 0 Å². The quantitative estimate of drug-likeness (QED) is 0.757. The second kappa shape index (κ2) is 7.71. The first-order chi connectivity index (χ1) is 13.9. The first kappa shape index (κ1) is 19.8. The Hall–Kier alpha value is -2.54. The Morgan fingerprint density at radius 2 is 1.66 bits per heavy atom. The maximum absolute atomic E-state index is 14.4. The number of nitrogens with zero attached hydrogens (tertiary/aromatic N) is 1. The number of halogens is 3. The minimum atomic E-state index is -1.87. The lowest BCUT2D eigenvalue weighted by Crippen LogP contribution is -2.59. The van der Waals surface area contributed by atoms with Crippen molar-refractivity contribution in [3.63, 3.8) is 0 Å². The fraction of sp³-hybridized carbons (Fsp3) is 0.409. The van der Waals surface area contributed by atoms with Crippen LogP contribution in [-0.4, -0.2) is 28.2 Å². The van der Waals surface area contributed by atoms with Crippen molar-refractivity contribution in [1.29, 1.82) is 0 Å². The van der Waals surface area contributed by atoms with E-state index in [1.807, 2.05) is 30.3 Å². The van der Waals surface area contributed by atoms with Gasteiger partial charge >= 0.3 is 6.09 Å². The van der Waals surface area contributed by atoms with Gasteiger partial charge in [-0.1, -0.05) is 30.3 Å². The number of carbonyl (C=O) groups excluding carboxylic acids is 1. The largest absolute Gasteiger partial charge is 0.445 e. The summed E-state index contributed by atoms with van der Waals surface area (Å²) >= 11 is 0. The summed E-state index contributed by atoms with van der Waals surface area (Å²) in [5.41, 5.74) is -1.67. The third kappa shape index (κ3) is 3.71. The molecular weight excluding hydrogens is 383 g/mol. The SMILES string of the molecule is O=C(OCc1ccccc1)N1C2CCCC1CC(O)(c1c(F)ccc(F)c1F)C2. The Morgan fingerprint density at radius 3 is 2.31 bits per heavy atom. The van der Waals surface area contributed by atoms with Crippen molar-refractivity contribution in [1.82, 2.24) is 4.90 Å². The van der Waals surface area contributed by atoms with Crippen molar-refractivity contribution in [3.8, 4) is 0 Å². The molecule has 2 atom stereocenters. The smallest absolute Gasteiger partial charge is 0.410 e. The summed E-state index contributed by atoms with van der Waals surface area (Å²) in [7, 11) is 0. The van der Waals surface area contributed by atoms with Crippen LogP contribution >= 0.6 is 0 Å². The maximum Gasteiger partial charge on any atom is 0.410 e. The average molecular weight is 405 g/mol. The van der Waals surface area contributed by atoms with Crippen molar-refractivity contribution in [2.24, 2.45) is 0 Å². The first-order valence-corrected chi connectivity index (χ1v) is 9.74. The van der Waals surface area contributed by atoms with Crippen LogP contribution in [0.3, 0.4) is 0 Å². The lowest BCUT2D eigenvalue weighted by Gasteiger charge is -2.51. The van der Waals surface area contributed by atoms with Crippen molar-refractivity contribution >= 4 is 6.09 Å². The highest BCUT2D eigenvalue weighted by molar-refractivity contribution is 5.69. The van der Waals surface area contributed by atoms with E-state index in [1.165, 1.54) is 0 Å². The Balaban J connectivity index is 1.55. The van der Waals surface area contributed by atoms with Crippen molar-refractivity contribution in [2.45, 2.75) is 56.4 Å². The zero-order valence-corrected chi connectivity index (χ0v) is 15.8. The van der Waals surface area contributed by atoms with E-state index in [0.29, 0.717) is 18.9 Å². The summed E-state index contributed by atoms with van der Waals surface area (Å²) in [6, 6.07) is 9.91. The van der Waals surface area contributed by atoms with Crippen LogP contribution in [0.1, 0.15) is 43.2 Å². The number of benzene rings is 2. The van der Waals surface area contributed by atoms with E-state index in [2.05, 4.69) is 0 Å². The van der Waals surface area contributed by atoms with Gasteiger partial charge in [0.05, 0.1) is 11.2 Å².